The van der Waals surface area contributed by atoms with Gasteiger partial charge in [-0.15, -0.1) is 5.10 Å². The summed E-state index contributed by atoms with van der Waals surface area (Å²) in [5.74, 6) is 0.663. The van der Waals surface area contributed by atoms with E-state index in [0.29, 0.717) is 17.4 Å². The Morgan fingerprint density at radius 1 is 1.40 bits per heavy atom. The van der Waals surface area contributed by atoms with Crippen LogP contribution in [-0.2, 0) is 20.2 Å². The third-order valence-corrected chi connectivity index (χ3v) is 3.07. The first-order valence-corrected chi connectivity index (χ1v) is 7.04. The molecule has 6 heteroatoms. The van der Waals surface area contributed by atoms with Crippen LogP contribution < -0.4 is 10.1 Å². The van der Waals surface area contributed by atoms with Gasteiger partial charge in [0.2, 0.25) is 0 Å². The van der Waals surface area contributed by atoms with Crippen LogP contribution in [0.3, 0.4) is 0 Å². The highest BCUT2D eigenvalue weighted by Crippen LogP contribution is 2.26. The number of halogens is 1. The first kappa shape index (κ1) is 14.8. The molecule has 0 aliphatic carbocycles. The van der Waals surface area contributed by atoms with E-state index in [1.54, 1.807) is 4.68 Å². The van der Waals surface area contributed by atoms with Crippen molar-refractivity contribution in [3.8, 4) is 5.75 Å². The minimum Gasteiger partial charge on any atom is -0.486 e. The Balaban J connectivity index is 1.92. The average molecular weight is 295 g/mol. The number of nitrogens with one attached hydrogen (secondary N) is 1. The minimum absolute atomic E-state index is 0.362. The Labute approximate surface area is 123 Å². The molecule has 0 aliphatic heterocycles. The number of nitrogens with zero attached hydrogens (tertiary/aromatic N) is 3. The van der Waals surface area contributed by atoms with Crippen molar-refractivity contribution in [2.24, 2.45) is 7.05 Å². The lowest BCUT2D eigenvalue weighted by Crippen LogP contribution is -2.13. The quantitative estimate of drug-likeness (QED) is 0.797. The molecule has 2 rings (SSSR count). The number of ether oxygens (including phenoxy) is 1. The van der Waals surface area contributed by atoms with E-state index in [9.17, 15) is 0 Å². The summed E-state index contributed by atoms with van der Waals surface area (Å²) in [6.45, 7) is 4.32. The molecule has 0 fully saturated rings. The Morgan fingerprint density at radius 2 is 2.25 bits per heavy atom. The summed E-state index contributed by atoms with van der Waals surface area (Å²) in [6.07, 6.45) is 2.93. The van der Waals surface area contributed by atoms with E-state index >= 15 is 0 Å². The van der Waals surface area contributed by atoms with Crippen molar-refractivity contribution < 1.29 is 4.74 Å². The van der Waals surface area contributed by atoms with Gasteiger partial charge < -0.3 is 10.1 Å². The van der Waals surface area contributed by atoms with E-state index in [-0.39, 0.29) is 0 Å². The van der Waals surface area contributed by atoms with Crippen molar-refractivity contribution in [2.45, 2.75) is 26.5 Å². The van der Waals surface area contributed by atoms with Gasteiger partial charge in [-0.3, -0.25) is 4.68 Å². The third kappa shape index (κ3) is 4.21. The fourth-order valence-electron chi connectivity index (χ4n) is 1.79. The number of hydrogen-bond donors (Lipinski definition) is 1. The summed E-state index contributed by atoms with van der Waals surface area (Å²) >= 11 is 6.22. The largest absolute Gasteiger partial charge is 0.486 e. The zero-order valence-corrected chi connectivity index (χ0v) is 12.5. The molecule has 0 bridgehead atoms. The van der Waals surface area contributed by atoms with Crippen LogP contribution in [0.1, 0.15) is 24.6 Å². The number of hydrogen-bond acceptors (Lipinski definition) is 4. The van der Waals surface area contributed by atoms with Crippen LogP contribution in [0.25, 0.3) is 0 Å². The number of aromatic nitrogens is 3. The molecule has 0 atom stereocenters. The molecule has 20 heavy (non-hydrogen) atoms. The van der Waals surface area contributed by atoms with Gasteiger partial charge in [-0.1, -0.05) is 29.8 Å². The van der Waals surface area contributed by atoms with Gasteiger partial charge in [-0.25, -0.2) is 0 Å². The molecule has 1 N–H and O–H groups in total. The lowest BCUT2D eigenvalue weighted by Gasteiger charge is -2.09. The molecular formula is C14H19ClN4O. The molecule has 5 nitrogen and oxygen atoms in total. The van der Waals surface area contributed by atoms with Crippen molar-refractivity contribution in [1.82, 2.24) is 20.3 Å². The summed E-state index contributed by atoms with van der Waals surface area (Å²) < 4.78 is 7.29. The van der Waals surface area contributed by atoms with Crippen LogP contribution in [0.2, 0.25) is 5.02 Å². The molecule has 0 spiro atoms. The Hall–Kier alpha value is -1.59. The summed E-state index contributed by atoms with van der Waals surface area (Å²) in [5.41, 5.74) is 1.92. The maximum absolute atomic E-state index is 6.22. The maximum atomic E-state index is 6.22. The second-order valence-electron chi connectivity index (χ2n) is 4.61. The minimum atomic E-state index is 0.362. The number of benzene rings is 1. The zero-order chi connectivity index (χ0) is 14.4. The number of aryl methyl sites for hydroxylation is 1. The fourth-order valence-corrected chi connectivity index (χ4v) is 2.05. The van der Waals surface area contributed by atoms with E-state index in [4.69, 9.17) is 16.3 Å². The highest BCUT2D eigenvalue weighted by Gasteiger charge is 2.05. The highest BCUT2D eigenvalue weighted by atomic mass is 35.5. The maximum Gasteiger partial charge on any atom is 0.138 e. The van der Waals surface area contributed by atoms with Crippen LogP contribution >= 0.6 is 11.6 Å². The van der Waals surface area contributed by atoms with Crippen LogP contribution in [0.5, 0.6) is 5.75 Å². The molecule has 108 valence electrons. The monoisotopic (exact) mass is 294 g/mol. The summed E-state index contributed by atoms with van der Waals surface area (Å²) in [7, 11) is 1.82. The van der Waals surface area contributed by atoms with Crippen LogP contribution in [0.15, 0.2) is 24.4 Å². The van der Waals surface area contributed by atoms with E-state index < -0.39 is 0 Å². The van der Waals surface area contributed by atoms with E-state index in [0.717, 1.165) is 30.8 Å². The van der Waals surface area contributed by atoms with Gasteiger partial charge in [-0.2, -0.15) is 0 Å². The van der Waals surface area contributed by atoms with Crippen LogP contribution in [0, 0.1) is 0 Å². The van der Waals surface area contributed by atoms with Gasteiger partial charge in [0, 0.05) is 13.6 Å². The highest BCUT2D eigenvalue weighted by molar-refractivity contribution is 6.32. The first-order valence-electron chi connectivity index (χ1n) is 6.66. The molecule has 0 saturated heterocycles. The van der Waals surface area contributed by atoms with Gasteiger partial charge in [0.05, 0.1) is 11.2 Å². The Kier molecular flexibility index (Phi) is 5.38. The molecule has 1 aromatic heterocycles. The van der Waals surface area contributed by atoms with E-state index in [2.05, 4.69) is 22.6 Å². The molecule has 2 aromatic rings. The SMILES string of the molecule is CCCNCc1ccc(OCc2cn(C)nn2)c(Cl)c1. The normalized spacial score (nSPS) is 10.8. The summed E-state index contributed by atoms with van der Waals surface area (Å²) in [5, 5.41) is 11.8. The molecule has 1 heterocycles. The third-order valence-electron chi connectivity index (χ3n) is 2.78. The zero-order valence-electron chi connectivity index (χ0n) is 11.8. The molecule has 1 aromatic carbocycles. The second kappa shape index (κ2) is 7.26. The van der Waals surface area contributed by atoms with Gasteiger partial charge in [-0.05, 0) is 30.7 Å². The van der Waals surface area contributed by atoms with Gasteiger partial charge in [0.15, 0.2) is 0 Å². The summed E-state index contributed by atoms with van der Waals surface area (Å²) in [4.78, 5) is 0. The molecular weight excluding hydrogens is 276 g/mol. The van der Waals surface area contributed by atoms with Crippen molar-refractivity contribution in [1.29, 1.82) is 0 Å². The van der Waals surface area contributed by atoms with Gasteiger partial charge in [0.1, 0.15) is 18.1 Å². The van der Waals surface area contributed by atoms with E-state index in [1.807, 2.05) is 31.4 Å². The molecule has 0 aliphatic rings. The van der Waals surface area contributed by atoms with Crippen molar-refractivity contribution in [3.05, 3.63) is 40.7 Å². The Morgan fingerprint density at radius 3 is 2.90 bits per heavy atom. The average Bonchev–Trinajstić information content (AvgIpc) is 2.84. The van der Waals surface area contributed by atoms with E-state index in [1.165, 1.54) is 0 Å². The van der Waals surface area contributed by atoms with Crippen LogP contribution in [0.4, 0.5) is 0 Å². The second-order valence-corrected chi connectivity index (χ2v) is 5.02. The fraction of sp³-hybridized carbons (Fsp3) is 0.429. The topological polar surface area (TPSA) is 52.0 Å². The van der Waals surface area contributed by atoms with Gasteiger partial charge in [0.25, 0.3) is 0 Å². The van der Waals surface area contributed by atoms with Gasteiger partial charge >= 0.3 is 0 Å². The van der Waals surface area contributed by atoms with Crippen molar-refractivity contribution in [3.63, 3.8) is 0 Å². The van der Waals surface area contributed by atoms with Crippen molar-refractivity contribution in [2.75, 3.05) is 6.54 Å². The summed E-state index contributed by atoms with van der Waals surface area (Å²) in [6, 6.07) is 5.83. The Bertz CT molecular complexity index is 556. The van der Waals surface area contributed by atoms with Crippen LogP contribution in [-0.4, -0.2) is 21.5 Å². The molecule has 0 radical (unpaired) electrons. The predicted molar refractivity (Wildman–Crippen MR) is 78.8 cm³/mol. The standard InChI is InChI=1S/C14H19ClN4O/c1-3-6-16-8-11-4-5-14(13(15)7-11)20-10-12-9-19(2)18-17-12/h4-5,7,9,16H,3,6,8,10H2,1-2H3. The molecule has 0 amide bonds. The number of rotatable bonds is 7. The smallest absolute Gasteiger partial charge is 0.138 e. The molecule has 0 saturated carbocycles. The molecule has 0 unspecified atom stereocenters. The van der Waals surface area contributed by atoms with Crippen molar-refractivity contribution >= 4 is 11.6 Å². The predicted octanol–water partition coefficient (Wildman–Crippen LogP) is 2.55. The lowest BCUT2D eigenvalue weighted by molar-refractivity contribution is 0.301. The first-order chi connectivity index (χ1) is 9.69. The lowest BCUT2D eigenvalue weighted by atomic mass is 10.2.